The lowest BCUT2D eigenvalue weighted by Gasteiger charge is -2.34. The zero-order chi connectivity index (χ0) is 78.1. The molecule has 18 aromatic carbocycles. The SMILES string of the molecule is N#CC(=C(c1ccccc1)c1ccccc1)c1ccc(-n2c3cc(-c4ccc(N(c5ccc(-c6ccc([Si](c7ccccc7)(c7ccccc7)c7ccccc7)cc6)cc5)c5ccc(-c6ccc([Si](c7ccccc7)(c7ccccc7)c7ccccc7)cc6)cc5)c5nsnc45)ccc3c3cc(-c4ccccc4)c4ccccc4c32)cc1. The highest BCUT2D eigenvalue weighted by molar-refractivity contribution is 7.20. The van der Waals surface area contributed by atoms with E-state index in [9.17, 15) is 5.26 Å². The van der Waals surface area contributed by atoms with Gasteiger partial charge >= 0.3 is 0 Å². The number of nitrogens with zero attached hydrogens (tertiary/aromatic N) is 5. The highest BCUT2D eigenvalue weighted by Gasteiger charge is 2.43. The third-order valence-electron chi connectivity index (χ3n) is 23.5. The molecule has 0 aliphatic rings. The zero-order valence-electron chi connectivity index (χ0n) is 63.9. The van der Waals surface area contributed by atoms with Crippen LogP contribution in [0.15, 0.2) is 455 Å². The maximum atomic E-state index is 11.2. The summed E-state index contributed by atoms with van der Waals surface area (Å²) in [5.41, 5.74) is 20.7. The van der Waals surface area contributed by atoms with Crippen molar-refractivity contribution in [1.29, 1.82) is 5.26 Å². The number of fused-ring (bicyclic) bond motifs is 6. The Bertz CT molecular complexity index is 6580. The first kappa shape index (κ1) is 71.4. The van der Waals surface area contributed by atoms with Gasteiger partial charge in [-0.25, -0.2) is 0 Å². The van der Waals surface area contributed by atoms with Gasteiger partial charge in [0.15, 0.2) is 16.1 Å². The molecule has 8 heteroatoms. The maximum absolute atomic E-state index is 11.2. The maximum Gasteiger partial charge on any atom is 0.179 e. The Hall–Kier alpha value is -14.7. The van der Waals surface area contributed by atoms with E-state index in [4.69, 9.17) is 8.75 Å². The lowest BCUT2D eigenvalue weighted by atomic mass is 9.90. The van der Waals surface area contributed by atoms with E-state index in [1.54, 1.807) is 0 Å². The van der Waals surface area contributed by atoms with E-state index in [0.717, 1.165) is 128 Å². The zero-order valence-corrected chi connectivity index (χ0v) is 66.8. The summed E-state index contributed by atoms with van der Waals surface area (Å²) in [6, 6.07) is 169. The number of hydrogen-bond donors (Lipinski definition) is 0. The van der Waals surface area contributed by atoms with Crippen LogP contribution in [0.1, 0.15) is 16.7 Å². The predicted molar refractivity (Wildman–Crippen MR) is 497 cm³/mol. The second-order valence-corrected chi connectivity index (χ2v) is 38.0. The van der Waals surface area contributed by atoms with Gasteiger partial charge in [-0.1, -0.05) is 394 Å². The Morgan fingerprint density at radius 3 is 1.08 bits per heavy atom. The molecule has 0 bridgehead atoms. The van der Waals surface area contributed by atoms with Crippen LogP contribution in [0, 0.1) is 11.3 Å². The van der Waals surface area contributed by atoms with Gasteiger partial charge in [-0.05, 0) is 163 Å². The largest absolute Gasteiger partial charge is 0.309 e. The molecule has 0 unspecified atom stereocenters. The van der Waals surface area contributed by atoms with E-state index in [1.807, 2.05) is 36.4 Å². The van der Waals surface area contributed by atoms with Gasteiger partial charge in [0.2, 0.25) is 0 Å². The fourth-order valence-electron chi connectivity index (χ4n) is 18.1. The summed E-state index contributed by atoms with van der Waals surface area (Å²) in [6.45, 7) is 0. The van der Waals surface area contributed by atoms with Crippen molar-refractivity contribution in [3.63, 3.8) is 0 Å². The van der Waals surface area contributed by atoms with Gasteiger partial charge in [-0.3, -0.25) is 0 Å². The first-order valence-electron chi connectivity index (χ1n) is 39.7. The molecule has 550 valence electrons. The summed E-state index contributed by atoms with van der Waals surface area (Å²) in [5, 5.41) is 26.4. The molecule has 0 fully saturated rings. The molecular formula is C109H75N5SSi2. The van der Waals surface area contributed by atoms with Crippen molar-refractivity contribution in [3.8, 4) is 56.3 Å². The molecule has 0 aliphatic carbocycles. The van der Waals surface area contributed by atoms with Crippen molar-refractivity contribution in [3.05, 3.63) is 472 Å². The number of hydrogen-bond acceptors (Lipinski definition) is 5. The molecule has 0 saturated heterocycles. The minimum atomic E-state index is -2.75. The Morgan fingerprint density at radius 1 is 0.282 bits per heavy atom. The molecule has 20 aromatic rings. The van der Waals surface area contributed by atoms with Crippen molar-refractivity contribution in [1.82, 2.24) is 13.3 Å². The first-order valence-corrected chi connectivity index (χ1v) is 44.5. The highest BCUT2D eigenvalue weighted by atomic mass is 32.1. The number of allylic oxidation sites excluding steroid dienone is 1. The lowest BCUT2D eigenvalue weighted by Crippen LogP contribution is -2.74. The van der Waals surface area contributed by atoms with E-state index in [0.29, 0.717) is 5.57 Å². The van der Waals surface area contributed by atoms with Crippen molar-refractivity contribution >= 4 is 141 Å². The molecule has 0 spiro atoms. The van der Waals surface area contributed by atoms with Gasteiger partial charge in [0.1, 0.15) is 17.1 Å². The molecule has 0 saturated carbocycles. The summed E-state index contributed by atoms with van der Waals surface area (Å²) < 4.78 is 12.9. The third-order valence-corrected chi connectivity index (χ3v) is 33.6. The fourth-order valence-corrected chi connectivity index (χ4v) is 28.2. The molecule has 0 amide bonds. The van der Waals surface area contributed by atoms with Crippen LogP contribution in [-0.2, 0) is 0 Å². The Balaban J connectivity index is 0.718. The van der Waals surface area contributed by atoms with Crippen LogP contribution in [0.4, 0.5) is 17.1 Å². The van der Waals surface area contributed by atoms with Crippen molar-refractivity contribution in [2.75, 3.05) is 4.90 Å². The van der Waals surface area contributed by atoms with Crippen LogP contribution in [0.3, 0.4) is 0 Å². The molecule has 5 nitrogen and oxygen atoms in total. The van der Waals surface area contributed by atoms with E-state index in [1.165, 1.54) is 58.8 Å². The van der Waals surface area contributed by atoms with Gasteiger partial charge in [0, 0.05) is 44.4 Å². The number of aromatic nitrogens is 3. The van der Waals surface area contributed by atoms with Crippen LogP contribution in [0.5, 0.6) is 0 Å². The van der Waals surface area contributed by atoms with Crippen molar-refractivity contribution < 1.29 is 0 Å². The number of rotatable bonds is 19. The quantitative estimate of drug-likeness (QED) is 0.0350. The summed E-state index contributed by atoms with van der Waals surface area (Å²) in [7, 11) is -5.50. The lowest BCUT2D eigenvalue weighted by molar-refractivity contribution is 1.18. The molecule has 20 rings (SSSR count). The topological polar surface area (TPSA) is 57.7 Å². The fraction of sp³-hybridized carbons (Fsp3) is 0. The van der Waals surface area contributed by atoms with Gasteiger partial charge in [0.25, 0.3) is 0 Å². The van der Waals surface area contributed by atoms with Crippen LogP contribution in [0.25, 0.3) is 105 Å². The van der Waals surface area contributed by atoms with Crippen molar-refractivity contribution in [2.24, 2.45) is 0 Å². The minimum absolute atomic E-state index is 0.604. The number of nitriles is 1. The monoisotopic (exact) mass is 1540 g/mol. The minimum Gasteiger partial charge on any atom is -0.309 e. The standard InChI is InChI=1S/C109H75N5SSi2/c110-76-103(106(83-32-12-2-13-33-83)84-34-14-3-15-35-84)82-54-65-88(66-55-82)114-105-74-85(60-71-99(105)102-75-101(81-30-10-1-11-31-81)98-48-28-29-49-100(98)109(102)114)97-72-73-104(108-107(97)111-115-112-108)113(86-61-50-77(51-62-86)79-56-67-95(68-57-79)116(89-36-16-4-17-37-89,90-38-18-5-19-39-90)91-40-20-6-21-41-91)87-63-52-78(53-64-87)80-58-69-96(70-59-80)117(92-42-22-7-23-43-92,93-44-24-8-25-45-93)94-46-26-9-27-47-94/h1-75H. The summed E-state index contributed by atoms with van der Waals surface area (Å²) in [6.07, 6.45) is 0. The molecule has 2 heterocycles. The van der Waals surface area contributed by atoms with Crippen LogP contribution >= 0.6 is 11.7 Å². The smallest absolute Gasteiger partial charge is 0.179 e. The van der Waals surface area contributed by atoms with Crippen molar-refractivity contribution in [2.45, 2.75) is 0 Å². The van der Waals surface area contributed by atoms with Crippen LogP contribution in [-0.4, -0.2) is 29.5 Å². The van der Waals surface area contributed by atoms with E-state index in [2.05, 4.69) is 434 Å². The summed E-state index contributed by atoms with van der Waals surface area (Å²) in [5.74, 6) is 0. The van der Waals surface area contributed by atoms with Gasteiger partial charge in [-0.2, -0.15) is 14.0 Å². The number of benzene rings is 18. The number of anilines is 3. The second-order valence-electron chi connectivity index (χ2n) is 29.8. The van der Waals surface area contributed by atoms with Gasteiger partial charge < -0.3 is 9.47 Å². The Morgan fingerprint density at radius 2 is 0.650 bits per heavy atom. The first-order chi connectivity index (χ1) is 58.0. The average Bonchev–Trinajstić information content (AvgIpc) is 1.31. The second kappa shape index (κ2) is 31.0. The third kappa shape index (κ3) is 12.7. The molecule has 0 radical (unpaired) electrons. The van der Waals surface area contributed by atoms with E-state index >= 15 is 0 Å². The molecule has 0 N–H and O–H groups in total. The Labute approximate surface area is 687 Å². The van der Waals surface area contributed by atoms with Crippen LogP contribution in [0.2, 0.25) is 0 Å². The molecule has 2 aromatic heterocycles. The Kier molecular flexibility index (Phi) is 18.9. The highest BCUT2D eigenvalue weighted by Crippen LogP contribution is 2.46. The van der Waals surface area contributed by atoms with Gasteiger partial charge in [-0.15, -0.1) is 0 Å². The van der Waals surface area contributed by atoms with Gasteiger partial charge in [0.05, 0.1) is 34.0 Å². The normalized spacial score (nSPS) is 11.6. The summed E-state index contributed by atoms with van der Waals surface area (Å²) in [4.78, 5) is 2.35. The van der Waals surface area contributed by atoms with E-state index < -0.39 is 16.1 Å². The van der Waals surface area contributed by atoms with Crippen LogP contribution < -0.4 is 46.4 Å². The molecular weight excluding hydrogens is 1470 g/mol. The molecule has 117 heavy (non-hydrogen) atoms. The predicted octanol–water partition coefficient (Wildman–Crippen LogP) is 22.3. The van der Waals surface area contributed by atoms with E-state index in [-0.39, 0.29) is 0 Å². The summed E-state index contributed by atoms with van der Waals surface area (Å²) >= 11 is 1.24. The molecule has 0 atom stereocenters. The molecule has 0 aliphatic heterocycles. The average molecular weight is 1540 g/mol.